The zero-order valence-corrected chi connectivity index (χ0v) is 19.1. The van der Waals surface area contributed by atoms with Crippen molar-refractivity contribution in [2.45, 2.75) is 52.6 Å². The van der Waals surface area contributed by atoms with Crippen LogP contribution in [0, 0.1) is 0 Å². The van der Waals surface area contributed by atoms with Crippen LogP contribution in [0.5, 0.6) is 0 Å². The van der Waals surface area contributed by atoms with Crippen molar-refractivity contribution in [2.24, 2.45) is 0 Å². The van der Waals surface area contributed by atoms with Gasteiger partial charge >= 0.3 is 0 Å². The summed E-state index contributed by atoms with van der Waals surface area (Å²) in [7, 11) is 0. The third kappa shape index (κ3) is 5.42. The van der Waals surface area contributed by atoms with Gasteiger partial charge in [0.1, 0.15) is 5.70 Å². The van der Waals surface area contributed by atoms with Gasteiger partial charge in [0.15, 0.2) is 0 Å². The van der Waals surface area contributed by atoms with Crippen LogP contribution in [0.2, 0.25) is 0 Å². The highest BCUT2D eigenvalue weighted by Gasteiger charge is 2.38. The first kappa shape index (κ1) is 22.8. The summed E-state index contributed by atoms with van der Waals surface area (Å²) in [4.78, 5) is 27.7. The van der Waals surface area contributed by atoms with Crippen molar-refractivity contribution in [3.8, 4) is 0 Å². The summed E-state index contributed by atoms with van der Waals surface area (Å²) >= 11 is 0. The lowest BCUT2D eigenvalue weighted by molar-refractivity contribution is -0.137. The van der Waals surface area contributed by atoms with Gasteiger partial charge in [0.25, 0.3) is 11.8 Å². The molecule has 0 aliphatic carbocycles. The van der Waals surface area contributed by atoms with Crippen molar-refractivity contribution in [1.29, 1.82) is 0 Å². The van der Waals surface area contributed by atoms with E-state index in [4.69, 9.17) is 4.74 Å². The van der Waals surface area contributed by atoms with E-state index in [0.717, 1.165) is 11.3 Å². The van der Waals surface area contributed by atoms with Crippen LogP contribution in [-0.2, 0) is 19.7 Å². The predicted molar refractivity (Wildman–Crippen MR) is 125 cm³/mol. The van der Waals surface area contributed by atoms with Gasteiger partial charge in [-0.1, -0.05) is 63.2 Å². The van der Waals surface area contributed by atoms with Crippen molar-refractivity contribution >= 4 is 23.1 Å². The zero-order valence-electron chi connectivity index (χ0n) is 19.1. The Balaban J connectivity index is 1.87. The molecule has 1 heterocycles. The summed E-state index contributed by atoms with van der Waals surface area (Å²) in [6.07, 6.45) is 0.724. The molecule has 2 aromatic carbocycles. The van der Waals surface area contributed by atoms with Gasteiger partial charge in [0.05, 0.1) is 11.7 Å². The average molecular weight is 421 g/mol. The van der Waals surface area contributed by atoms with Gasteiger partial charge in [0.2, 0.25) is 0 Å². The summed E-state index contributed by atoms with van der Waals surface area (Å²) in [5.74, 6) is -0.567. The van der Waals surface area contributed by atoms with Crippen molar-refractivity contribution in [1.82, 2.24) is 4.90 Å². The molecule has 0 bridgehead atoms. The molecule has 2 aromatic rings. The molecule has 0 fully saturated rings. The second-order valence-electron chi connectivity index (χ2n) is 9.10. The molecule has 0 aromatic heterocycles. The smallest absolute Gasteiger partial charge is 0.278 e. The van der Waals surface area contributed by atoms with Gasteiger partial charge in [-0.15, -0.1) is 0 Å². The van der Waals surface area contributed by atoms with Crippen LogP contribution < -0.4 is 5.32 Å². The number of hydrogen-bond donors (Lipinski definition) is 1. The molecule has 0 unspecified atom stereocenters. The average Bonchev–Trinajstić information content (AvgIpc) is 2.95. The van der Waals surface area contributed by atoms with Crippen LogP contribution in [-0.4, -0.2) is 36.0 Å². The Morgan fingerprint density at radius 1 is 0.935 bits per heavy atom. The number of nitrogens with one attached hydrogen (secondary N) is 1. The normalized spacial score (nSPS) is 14.7. The molecular weight excluding hydrogens is 388 g/mol. The second-order valence-corrected chi connectivity index (χ2v) is 9.10. The van der Waals surface area contributed by atoms with E-state index >= 15 is 0 Å². The first-order valence-electron chi connectivity index (χ1n) is 10.8. The molecule has 2 amide bonds. The van der Waals surface area contributed by atoms with Crippen molar-refractivity contribution in [3.63, 3.8) is 0 Å². The Morgan fingerprint density at radius 2 is 1.58 bits per heavy atom. The molecule has 0 spiro atoms. The number of carbonyl (C=O) groups excluding carboxylic acids is 2. The van der Waals surface area contributed by atoms with E-state index in [2.05, 4.69) is 26.1 Å². The largest absolute Gasteiger partial charge is 0.379 e. The highest BCUT2D eigenvalue weighted by atomic mass is 16.5. The monoisotopic (exact) mass is 420 g/mol. The van der Waals surface area contributed by atoms with E-state index in [1.54, 1.807) is 0 Å². The Kier molecular flexibility index (Phi) is 6.96. The van der Waals surface area contributed by atoms with Crippen molar-refractivity contribution in [3.05, 3.63) is 71.4 Å². The molecule has 31 heavy (non-hydrogen) atoms. The minimum atomic E-state index is -0.298. The second kappa shape index (κ2) is 9.48. The lowest BCUT2D eigenvalue weighted by atomic mass is 9.87. The quantitative estimate of drug-likeness (QED) is 0.483. The predicted octanol–water partition coefficient (Wildman–Crippen LogP) is 4.99. The summed E-state index contributed by atoms with van der Waals surface area (Å²) in [6, 6.07) is 17.3. The molecule has 1 N–H and O–H groups in total. The maximum absolute atomic E-state index is 13.2. The molecule has 3 rings (SSSR count). The summed E-state index contributed by atoms with van der Waals surface area (Å²) in [6.45, 7) is 11.2. The summed E-state index contributed by atoms with van der Waals surface area (Å²) in [5, 5.41) is 3.22. The fraction of sp³-hybridized carbons (Fsp3) is 0.385. The molecular formula is C26H32N2O3. The van der Waals surface area contributed by atoms with Crippen LogP contribution in [0.1, 0.15) is 52.2 Å². The van der Waals surface area contributed by atoms with E-state index in [0.29, 0.717) is 30.8 Å². The highest BCUT2D eigenvalue weighted by molar-refractivity contribution is 6.36. The fourth-order valence-electron chi connectivity index (χ4n) is 3.51. The van der Waals surface area contributed by atoms with E-state index < -0.39 is 0 Å². The van der Waals surface area contributed by atoms with Gasteiger partial charge in [-0.3, -0.25) is 14.5 Å². The number of nitrogens with zero attached hydrogens (tertiary/aromatic N) is 1. The highest BCUT2D eigenvalue weighted by Crippen LogP contribution is 2.31. The number of hydrogen-bond acceptors (Lipinski definition) is 4. The molecule has 1 aliphatic heterocycles. The lowest BCUT2D eigenvalue weighted by Crippen LogP contribution is -2.34. The first-order valence-corrected chi connectivity index (χ1v) is 10.8. The molecule has 0 saturated heterocycles. The molecule has 164 valence electrons. The minimum Gasteiger partial charge on any atom is -0.379 e. The minimum absolute atomic E-state index is 0.0427. The van der Waals surface area contributed by atoms with Gasteiger partial charge in [0, 0.05) is 18.8 Å². The van der Waals surface area contributed by atoms with Gasteiger partial charge in [-0.25, -0.2) is 0 Å². The van der Waals surface area contributed by atoms with Crippen LogP contribution in [0.15, 0.2) is 60.3 Å². The maximum Gasteiger partial charge on any atom is 0.278 e. The van der Waals surface area contributed by atoms with Gasteiger partial charge < -0.3 is 10.1 Å². The van der Waals surface area contributed by atoms with Crippen LogP contribution in [0.3, 0.4) is 0 Å². The van der Waals surface area contributed by atoms with Crippen molar-refractivity contribution < 1.29 is 14.3 Å². The SMILES string of the molecule is CC(C)OCCCN1C(=O)C(Nc2ccc(C(C)(C)C)cc2)=C(c2ccccc2)C1=O. The van der Waals surface area contributed by atoms with Gasteiger partial charge in [-0.05, 0) is 48.9 Å². The molecule has 0 atom stereocenters. The third-order valence-electron chi connectivity index (χ3n) is 5.23. The maximum atomic E-state index is 13.2. The van der Waals surface area contributed by atoms with Crippen molar-refractivity contribution in [2.75, 3.05) is 18.5 Å². The first-order chi connectivity index (χ1) is 14.7. The lowest BCUT2D eigenvalue weighted by Gasteiger charge is -2.19. The van der Waals surface area contributed by atoms with Gasteiger partial charge in [-0.2, -0.15) is 0 Å². The van der Waals surface area contributed by atoms with E-state index in [-0.39, 0.29) is 23.3 Å². The fourth-order valence-corrected chi connectivity index (χ4v) is 3.51. The third-order valence-corrected chi connectivity index (χ3v) is 5.23. The number of carbonyl (C=O) groups is 2. The van der Waals surface area contributed by atoms with E-state index in [1.165, 1.54) is 10.5 Å². The number of imide groups is 1. The summed E-state index contributed by atoms with van der Waals surface area (Å²) in [5.41, 5.74) is 3.50. The van der Waals surface area contributed by atoms with E-state index in [1.807, 2.05) is 68.4 Å². The van der Waals surface area contributed by atoms with Crippen LogP contribution >= 0.6 is 0 Å². The Hall–Kier alpha value is -2.92. The standard InChI is InChI=1S/C26H32N2O3/c1-18(2)31-17-9-16-28-24(29)22(19-10-7-6-8-11-19)23(25(28)30)27-21-14-12-20(13-15-21)26(3,4)5/h6-8,10-15,18,27H,9,16-17H2,1-5H3. The van der Waals surface area contributed by atoms with Crippen LogP contribution in [0.25, 0.3) is 5.57 Å². The zero-order chi connectivity index (χ0) is 22.6. The molecule has 0 radical (unpaired) electrons. The summed E-state index contributed by atoms with van der Waals surface area (Å²) < 4.78 is 5.57. The number of rotatable bonds is 8. The Bertz CT molecular complexity index is 954. The molecule has 1 aliphatic rings. The number of amides is 2. The number of anilines is 1. The molecule has 0 saturated carbocycles. The van der Waals surface area contributed by atoms with Crippen LogP contribution in [0.4, 0.5) is 5.69 Å². The van der Waals surface area contributed by atoms with E-state index in [9.17, 15) is 9.59 Å². The molecule has 5 nitrogen and oxygen atoms in total. The number of ether oxygens (including phenoxy) is 1. The topological polar surface area (TPSA) is 58.6 Å². The number of benzene rings is 2. The Morgan fingerprint density at radius 3 is 2.16 bits per heavy atom. The Labute approximate surface area is 185 Å². The molecule has 5 heteroatoms.